The number of nitrogens with one attached hydrogen (secondary N) is 1. The van der Waals surface area contributed by atoms with E-state index in [2.05, 4.69) is 5.32 Å². The fourth-order valence-electron chi connectivity index (χ4n) is 2.67. The first-order valence-electron chi connectivity index (χ1n) is 8.28. The predicted octanol–water partition coefficient (Wildman–Crippen LogP) is 2.59. The van der Waals surface area contributed by atoms with Crippen molar-refractivity contribution in [3.63, 3.8) is 0 Å². The summed E-state index contributed by atoms with van der Waals surface area (Å²) < 4.78 is 5.24. The van der Waals surface area contributed by atoms with Crippen molar-refractivity contribution < 1.29 is 14.6 Å². The van der Waals surface area contributed by atoms with E-state index in [9.17, 15) is 4.79 Å². The van der Waals surface area contributed by atoms with Crippen LogP contribution in [0.15, 0.2) is 0 Å². The zero-order chi connectivity index (χ0) is 15.3. The van der Waals surface area contributed by atoms with E-state index in [0.717, 1.165) is 24.6 Å². The van der Waals surface area contributed by atoms with Crippen molar-refractivity contribution in [1.82, 2.24) is 5.32 Å². The molecule has 0 bridgehead atoms. The summed E-state index contributed by atoms with van der Waals surface area (Å²) in [5.41, 5.74) is 0. The molecule has 0 saturated heterocycles. The number of carbonyl (C=O) groups is 1. The number of carbonyl (C=O) groups excluding carboxylic acids is 1. The van der Waals surface area contributed by atoms with Gasteiger partial charge in [0, 0.05) is 12.3 Å². The first-order chi connectivity index (χ1) is 10.2. The van der Waals surface area contributed by atoms with E-state index in [1.807, 2.05) is 0 Å². The van der Waals surface area contributed by atoms with E-state index in [0.29, 0.717) is 19.0 Å². The maximum atomic E-state index is 11.6. The standard InChI is InChI=1S/C16H31NO3S/c1-14(18)12-20-10-11-21-13-16(19)17-9-5-4-8-15-6-2-3-7-15/h14-15,18H,2-13H2,1H3,(H,17,19). The van der Waals surface area contributed by atoms with Crippen molar-refractivity contribution in [1.29, 1.82) is 0 Å². The maximum absolute atomic E-state index is 11.6. The molecular weight excluding hydrogens is 286 g/mol. The van der Waals surface area contributed by atoms with Crippen LogP contribution in [-0.2, 0) is 9.53 Å². The number of aliphatic hydroxyl groups excluding tert-OH is 1. The van der Waals surface area contributed by atoms with E-state index in [4.69, 9.17) is 9.84 Å². The largest absolute Gasteiger partial charge is 0.391 e. The van der Waals surface area contributed by atoms with Gasteiger partial charge in [0.1, 0.15) is 0 Å². The van der Waals surface area contributed by atoms with Gasteiger partial charge in [-0.2, -0.15) is 0 Å². The van der Waals surface area contributed by atoms with Crippen LogP contribution in [0.25, 0.3) is 0 Å². The highest BCUT2D eigenvalue weighted by molar-refractivity contribution is 7.99. The Labute approximate surface area is 133 Å². The molecule has 5 heteroatoms. The van der Waals surface area contributed by atoms with Gasteiger partial charge in [0.15, 0.2) is 0 Å². The SMILES string of the molecule is CC(O)COCCSCC(=O)NCCCCC1CCCC1. The van der Waals surface area contributed by atoms with Gasteiger partial charge in [0.05, 0.1) is 25.1 Å². The van der Waals surface area contributed by atoms with Crippen LogP contribution in [0.2, 0.25) is 0 Å². The molecule has 0 spiro atoms. The average Bonchev–Trinajstić information content (AvgIpc) is 2.95. The first-order valence-corrected chi connectivity index (χ1v) is 9.44. The van der Waals surface area contributed by atoms with Crippen molar-refractivity contribution in [3.05, 3.63) is 0 Å². The summed E-state index contributed by atoms with van der Waals surface area (Å²) in [6.07, 6.45) is 8.93. The Morgan fingerprint density at radius 1 is 1.38 bits per heavy atom. The Bertz CT molecular complexity index is 268. The summed E-state index contributed by atoms with van der Waals surface area (Å²) in [4.78, 5) is 11.6. The minimum Gasteiger partial charge on any atom is -0.391 e. The van der Waals surface area contributed by atoms with Gasteiger partial charge in [0.25, 0.3) is 0 Å². The number of hydrogen-bond acceptors (Lipinski definition) is 4. The third kappa shape index (κ3) is 11.0. The molecule has 0 aromatic rings. The normalized spacial score (nSPS) is 17.0. The summed E-state index contributed by atoms with van der Waals surface area (Å²) >= 11 is 1.58. The van der Waals surface area contributed by atoms with Crippen molar-refractivity contribution in [2.75, 3.05) is 31.3 Å². The summed E-state index contributed by atoms with van der Waals surface area (Å²) in [6, 6.07) is 0. The van der Waals surface area contributed by atoms with Gasteiger partial charge in [-0.25, -0.2) is 0 Å². The lowest BCUT2D eigenvalue weighted by Crippen LogP contribution is -2.26. The minimum atomic E-state index is -0.414. The van der Waals surface area contributed by atoms with Gasteiger partial charge < -0.3 is 15.2 Å². The van der Waals surface area contributed by atoms with Crippen molar-refractivity contribution in [3.8, 4) is 0 Å². The van der Waals surface area contributed by atoms with E-state index in [-0.39, 0.29) is 5.91 Å². The van der Waals surface area contributed by atoms with Crippen LogP contribution in [0.3, 0.4) is 0 Å². The third-order valence-electron chi connectivity index (χ3n) is 3.80. The van der Waals surface area contributed by atoms with Crippen LogP contribution < -0.4 is 5.32 Å². The molecule has 1 rings (SSSR count). The molecule has 1 atom stereocenters. The highest BCUT2D eigenvalue weighted by Gasteiger charge is 2.13. The van der Waals surface area contributed by atoms with Gasteiger partial charge >= 0.3 is 0 Å². The van der Waals surface area contributed by atoms with Crippen molar-refractivity contribution in [2.24, 2.45) is 5.92 Å². The van der Waals surface area contributed by atoms with Crippen molar-refractivity contribution >= 4 is 17.7 Å². The molecule has 1 aliphatic rings. The second-order valence-corrected chi connectivity index (χ2v) is 7.08. The summed E-state index contributed by atoms with van der Waals surface area (Å²) in [6.45, 7) is 3.47. The quantitative estimate of drug-likeness (QED) is 0.543. The second kappa shape index (κ2) is 12.3. The van der Waals surface area contributed by atoms with Crippen LogP contribution in [0.5, 0.6) is 0 Å². The molecule has 1 unspecified atom stereocenters. The van der Waals surface area contributed by atoms with E-state index < -0.39 is 6.10 Å². The van der Waals surface area contributed by atoms with Gasteiger partial charge in [-0.1, -0.05) is 38.5 Å². The Balaban J connectivity index is 1.80. The lowest BCUT2D eigenvalue weighted by Gasteiger charge is -2.09. The molecular formula is C16H31NO3S. The van der Waals surface area contributed by atoms with Crippen molar-refractivity contribution in [2.45, 2.75) is 58.0 Å². The summed E-state index contributed by atoms with van der Waals surface area (Å²) in [5.74, 6) is 2.37. The molecule has 0 heterocycles. The number of amides is 1. The van der Waals surface area contributed by atoms with Crippen LogP contribution in [0, 0.1) is 5.92 Å². The van der Waals surface area contributed by atoms with Crippen LogP contribution >= 0.6 is 11.8 Å². The number of rotatable bonds is 12. The molecule has 0 radical (unpaired) electrons. The Morgan fingerprint density at radius 2 is 2.14 bits per heavy atom. The molecule has 1 fully saturated rings. The lowest BCUT2D eigenvalue weighted by molar-refractivity contribution is -0.118. The Kier molecular flexibility index (Phi) is 11.0. The highest BCUT2D eigenvalue weighted by Crippen LogP contribution is 2.28. The average molecular weight is 317 g/mol. The van der Waals surface area contributed by atoms with Gasteiger partial charge in [-0.05, 0) is 19.3 Å². The Morgan fingerprint density at radius 3 is 2.86 bits per heavy atom. The molecule has 21 heavy (non-hydrogen) atoms. The maximum Gasteiger partial charge on any atom is 0.229 e. The van der Waals surface area contributed by atoms with E-state index >= 15 is 0 Å². The number of hydrogen-bond donors (Lipinski definition) is 2. The smallest absolute Gasteiger partial charge is 0.229 e. The highest BCUT2D eigenvalue weighted by atomic mass is 32.2. The predicted molar refractivity (Wildman–Crippen MR) is 88.6 cm³/mol. The zero-order valence-corrected chi connectivity index (χ0v) is 14.1. The molecule has 1 aliphatic carbocycles. The fraction of sp³-hybridized carbons (Fsp3) is 0.938. The van der Waals surface area contributed by atoms with Gasteiger partial charge in [-0.3, -0.25) is 4.79 Å². The van der Waals surface area contributed by atoms with Gasteiger partial charge in [0.2, 0.25) is 5.91 Å². The van der Waals surface area contributed by atoms with Crippen LogP contribution in [0.1, 0.15) is 51.9 Å². The molecule has 4 nitrogen and oxygen atoms in total. The number of unbranched alkanes of at least 4 members (excludes halogenated alkanes) is 1. The fourth-order valence-corrected chi connectivity index (χ4v) is 3.34. The molecule has 124 valence electrons. The zero-order valence-electron chi connectivity index (χ0n) is 13.3. The van der Waals surface area contributed by atoms with E-state index in [1.54, 1.807) is 18.7 Å². The molecule has 2 N–H and O–H groups in total. The topological polar surface area (TPSA) is 58.6 Å². The number of thioether (sulfide) groups is 1. The monoisotopic (exact) mass is 317 g/mol. The lowest BCUT2D eigenvalue weighted by atomic mass is 10.0. The summed E-state index contributed by atoms with van der Waals surface area (Å²) in [5, 5.41) is 12.0. The van der Waals surface area contributed by atoms with Crippen LogP contribution in [-0.4, -0.2) is 48.4 Å². The van der Waals surface area contributed by atoms with Crippen LogP contribution in [0.4, 0.5) is 0 Å². The third-order valence-corrected chi connectivity index (χ3v) is 4.72. The molecule has 0 aromatic heterocycles. The number of aliphatic hydroxyl groups is 1. The second-order valence-electron chi connectivity index (χ2n) is 5.97. The molecule has 1 amide bonds. The molecule has 0 aliphatic heterocycles. The Hall–Kier alpha value is -0.260. The molecule has 1 saturated carbocycles. The molecule has 0 aromatic carbocycles. The summed E-state index contributed by atoms with van der Waals surface area (Å²) in [7, 11) is 0. The van der Waals surface area contributed by atoms with Gasteiger partial charge in [-0.15, -0.1) is 11.8 Å². The minimum absolute atomic E-state index is 0.122. The first kappa shape index (κ1) is 18.8. The number of ether oxygens (including phenoxy) is 1. The van der Waals surface area contributed by atoms with E-state index in [1.165, 1.54) is 38.5 Å².